The van der Waals surface area contributed by atoms with Crippen molar-refractivity contribution in [2.75, 3.05) is 19.6 Å². The fourth-order valence-corrected chi connectivity index (χ4v) is 2.66. The van der Waals surface area contributed by atoms with Crippen LogP contribution in [0.15, 0.2) is 0 Å². The molecule has 0 spiro atoms. The Morgan fingerprint density at radius 1 is 1.31 bits per heavy atom. The van der Waals surface area contributed by atoms with Crippen LogP contribution in [0.2, 0.25) is 0 Å². The standard InChI is InChI=1S/C11H17N3O2/c1-7(8-2-3-8)13-5-9(6-13)14-10(15)4-12-11(14)16/h7-9H,2-6H2,1H3,(H,12,16). The van der Waals surface area contributed by atoms with Gasteiger partial charge in [0.25, 0.3) is 0 Å². The molecule has 0 aromatic carbocycles. The molecule has 3 aliphatic rings. The van der Waals surface area contributed by atoms with Crippen molar-refractivity contribution in [3.63, 3.8) is 0 Å². The second-order valence-electron chi connectivity index (χ2n) is 5.11. The van der Waals surface area contributed by atoms with Crippen molar-refractivity contribution in [2.45, 2.75) is 31.8 Å². The number of nitrogens with one attached hydrogen (secondary N) is 1. The molecule has 1 saturated carbocycles. The van der Waals surface area contributed by atoms with Gasteiger partial charge in [0.05, 0.1) is 12.6 Å². The number of nitrogens with zero attached hydrogens (tertiary/aromatic N) is 2. The zero-order chi connectivity index (χ0) is 11.3. The van der Waals surface area contributed by atoms with Crippen LogP contribution in [0.3, 0.4) is 0 Å². The highest BCUT2D eigenvalue weighted by atomic mass is 16.2. The Labute approximate surface area is 94.8 Å². The first-order valence-corrected chi connectivity index (χ1v) is 6.01. The van der Waals surface area contributed by atoms with Crippen molar-refractivity contribution >= 4 is 11.9 Å². The van der Waals surface area contributed by atoms with E-state index in [-0.39, 0.29) is 24.5 Å². The van der Waals surface area contributed by atoms with E-state index in [1.807, 2.05) is 0 Å². The SMILES string of the molecule is CC(C1CC1)N1CC(N2C(=O)CNC2=O)C1. The molecule has 0 bridgehead atoms. The molecule has 88 valence electrons. The lowest BCUT2D eigenvalue weighted by molar-refractivity contribution is -0.129. The van der Waals surface area contributed by atoms with Crippen LogP contribution in [0.4, 0.5) is 4.79 Å². The summed E-state index contributed by atoms with van der Waals surface area (Å²) in [6.45, 7) is 4.14. The maximum Gasteiger partial charge on any atom is 0.324 e. The lowest BCUT2D eigenvalue weighted by Gasteiger charge is -2.46. The monoisotopic (exact) mass is 223 g/mol. The fraction of sp³-hybridized carbons (Fsp3) is 0.818. The molecule has 2 aliphatic heterocycles. The molecule has 16 heavy (non-hydrogen) atoms. The van der Waals surface area contributed by atoms with Gasteiger partial charge in [-0.1, -0.05) is 0 Å². The number of carbonyl (C=O) groups is 2. The summed E-state index contributed by atoms with van der Waals surface area (Å²) in [5.74, 6) is 0.776. The van der Waals surface area contributed by atoms with Crippen LogP contribution in [-0.2, 0) is 4.79 Å². The number of carbonyl (C=O) groups excluding carboxylic acids is 2. The van der Waals surface area contributed by atoms with E-state index in [0.717, 1.165) is 19.0 Å². The highest BCUT2D eigenvalue weighted by Gasteiger charge is 2.44. The van der Waals surface area contributed by atoms with E-state index >= 15 is 0 Å². The predicted molar refractivity (Wildman–Crippen MR) is 57.8 cm³/mol. The summed E-state index contributed by atoms with van der Waals surface area (Å²) in [6, 6.07) is 0.516. The molecule has 0 aromatic heterocycles. The topological polar surface area (TPSA) is 52.6 Å². The van der Waals surface area contributed by atoms with Gasteiger partial charge in [0.2, 0.25) is 5.91 Å². The summed E-state index contributed by atoms with van der Waals surface area (Å²) >= 11 is 0. The van der Waals surface area contributed by atoms with Crippen molar-refractivity contribution in [3.05, 3.63) is 0 Å². The third kappa shape index (κ3) is 1.50. The first kappa shape index (κ1) is 10.1. The molecule has 5 nitrogen and oxygen atoms in total. The fourth-order valence-electron chi connectivity index (χ4n) is 2.66. The van der Waals surface area contributed by atoms with Gasteiger partial charge in [-0.25, -0.2) is 4.79 Å². The summed E-state index contributed by atoms with van der Waals surface area (Å²) in [4.78, 5) is 26.7. The number of urea groups is 1. The lowest BCUT2D eigenvalue weighted by atomic mass is 10.0. The molecule has 5 heteroatoms. The molecule has 0 aromatic rings. The highest BCUT2D eigenvalue weighted by Crippen LogP contribution is 2.37. The third-order valence-corrected chi connectivity index (χ3v) is 4.01. The van der Waals surface area contributed by atoms with E-state index in [2.05, 4.69) is 17.1 Å². The van der Waals surface area contributed by atoms with Crippen molar-refractivity contribution < 1.29 is 9.59 Å². The van der Waals surface area contributed by atoms with Gasteiger partial charge < -0.3 is 5.32 Å². The Bertz CT molecular complexity index is 318. The first-order valence-electron chi connectivity index (χ1n) is 6.01. The Morgan fingerprint density at radius 2 is 2.00 bits per heavy atom. The largest absolute Gasteiger partial charge is 0.329 e. The summed E-state index contributed by atoms with van der Waals surface area (Å²) < 4.78 is 0. The lowest BCUT2D eigenvalue weighted by Crippen LogP contribution is -2.63. The molecule has 0 radical (unpaired) electrons. The van der Waals surface area contributed by atoms with E-state index in [4.69, 9.17) is 0 Å². The van der Waals surface area contributed by atoms with Crippen LogP contribution >= 0.6 is 0 Å². The van der Waals surface area contributed by atoms with E-state index in [1.165, 1.54) is 17.7 Å². The average Bonchev–Trinajstić information content (AvgIpc) is 2.97. The summed E-state index contributed by atoms with van der Waals surface area (Å²) in [5, 5.41) is 2.57. The van der Waals surface area contributed by atoms with Crippen molar-refractivity contribution in [1.82, 2.24) is 15.1 Å². The van der Waals surface area contributed by atoms with Crippen LogP contribution in [0, 0.1) is 5.92 Å². The minimum Gasteiger partial charge on any atom is -0.329 e. The first-order chi connectivity index (χ1) is 7.66. The quantitative estimate of drug-likeness (QED) is 0.686. The van der Waals surface area contributed by atoms with Gasteiger partial charge in [-0.05, 0) is 25.7 Å². The molecule has 1 aliphatic carbocycles. The highest BCUT2D eigenvalue weighted by molar-refractivity contribution is 6.02. The number of hydrogen-bond donors (Lipinski definition) is 1. The minimum absolute atomic E-state index is 0.0753. The second kappa shape index (κ2) is 3.45. The van der Waals surface area contributed by atoms with Gasteiger partial charge in [0.1, 0.15) is 0 Å². The molecule has 2 heterocycles. The Balaban J connectivity index is 1.56. The van der Waals surface area contributed by atoms with Crippen LogP contribution < -0.4 is 5.32 Å². The third-order valence-electron chi connectivity index (χ3n) is 4.01. The zero-order valence-corrected chi connectivity index (χ0v) is 9.48. The van der Waals surface area contributed by atoms with Gasteiger partial charge in [0, 0.05) is 19.1 Å². The summed E-state index contributed by atoms with van der Waals surface area (Å²) in [6.07, 6.45) is 2.68. The molecule has 1 N–H and O–H groups in total. The summed E-state index contributed by atoms with van der Waals surface area (Å²) in [7, 11) is 0. The molecule has 1 unspecified atom stereocenters. The second-order valence-corrected chi connectivity index (χ2v) is 5.11. The zero-order valence-electron chi connectivity index (χ0n) is 9.48. The normalized spacial score (nSPS) is 29.2. The van der Waals surface area contributed by atoms with Crippen LogP contribution in [0.5, 0.6) is 0 Å². The number of rotatable bonds is 3. The van der Waals surface area contributed by atoms with Crippen molar-refractivity contribution in [2.24, 2.45) is 5.92 Å². The smallest absolute Gasteiger partial charge is 0.324 e. The van der Waals surface area contributed by atoms with Crippen molar-refractivity contribution in [3.8, 4) is 0 Å². The predicted octanol–water partition coefficient (Wildman–Crippen LogP) is 0.0209. The van der Waals surface area contributed by atoms with Crippen LogP contribution in [0.1, 0.15) is 19.8 Å². The molecule has 3 rings (SSSR count). The molecule has 1 atom stereocenters. The molecular formula is C11H17N3O2. The van der Waals surface area contributed by atoms with E-state index < -0.39 is 0 Å². The van der Waals surface area contributed by atoms with Crippen LogP contribution in [0.25, 0.3) is 0 Å². The van der Waals surface area contributed by atoms with Gasteiger partial charge in [-0.15, -0.1) is 0 Å². The summed E-state index contributed by atoms with van der Waals surface area (Å²) in [5.41, 5.74) is 0. The Morgan fingerprint density at radius 3 is 2.50 bits per heavy atom. The van der Waals surface area contributed by atoms with Gasteiger partial charge >= 0.3 is 6.03 Å². The average molecular weight is 223 g/mol. The van der Waals surface area contributed by atoms with Gasteiger partial charge in [0.15, 0.2) is 0 Å². The molecule has 3 fully saturated rings. The number of imide groups is 1. The van der Waals surface area contributed by atoms with Gasteiger partial charge in [-0.2, -0.15) is 0 Å². The van der Waals surface area contributed by atoms with E-state index in [1.54, 1.807) is 0 Å². The number of amides is 3. The Kier molecular flexibility index (Phi) is 2.17. The maximum atomic E-state index is 11.5. The van der Waals surface area contributed by atoms with E-state index in [0.29, 0.717) is 6.04 Å². The van der Waals surface area contributed by atoms with Crippen molar-refractivity contribution in [1.29, 1.82) is 0 Å². The van der Waals surface area contributed by atoms with Crippen LogP contribution in [-0.4, -0.2) is 53.5 Å². The number of likely N-dealkylation sites (tertiary alicyclic amines) is 1. The molecular weight excluding hydrogens is 206 g/mol. The Hall–Kier alpha value is -1.10. The number of hydrogen-bond acceptors (Lipinski definition) is 3. The maximum absolute atomic E-state index is 11.5. The van der Waals surface area contributed by atoms with E-state index in [9.17, 15) is 9.59 Å². The van der Waals surface area contributed by atoms with Gasteiger partial charge in [-0.3, -0.25) is 14.6 Å². The molecule has 3 amide bonds. The molecule has 2 saturated heterocycles. The minimum atomic E-state index is -0.214.